The fourth-order valence-corrected chi connectivity index (χ4v) is 5.92. The number of likely N-dealkylation sites (tertiary alicyclic amines) is 1. The largest absolute Gasteiger partial charge is 0.339 e. The number of fused-ring (bicyclic) bond motifs is 1. The van der Waals surface area contributed by atoms with E-state index in [1.807, 2.05) is 65.7 Å². The summed E-state index contributed by atoms with van der Waals surface area (Å²) in [4.78, 5) is 24.9. The van der Waals surface area contributed by atoms with Gasteiger partial charge in [0.05, 0.1) is 23.5 Å². The van der Waals surface area contributed by atoms with Gasteiger partial charge in [-0.3, -0.25) is 14.1 Å². The van der Waals surface area contributed by atoms with Gasteiger partial charge in [0.1, 0.15) is 5.65 Å². The van der Waals surface area contributed by atoms with Crippen LogP contribution in [0.1, 0.15) is 35.7 Å². The summed E-state index contributed by atoms with van der Waals surface area (Å²) in [5.74, 6) is 0.121. The molecule has 0 bridgehead atoms. The number of hydrogen-bond acceptors (Lipinski definition) is 5. The fourth-order valence-electron chi connectivity index (χ4n) is 5.92. The van der Waals surface area contributed by atoms with Crippen LogP contribution in [0.2, 0.25) is 0 Å². The fraction of sp³-hybridized carbons (Fsp3) is 0.344. The van der Waals surface area contributed by atoms with E-state index in [0.29, 0.717) is 5.56 Å². The molecule has 4 heterocycles. The maximum absolute atomic E-state index is 13.3. The number of carbonyl (C=O) groups is 1. The van der Waals surface area contributed by atoms with Crippen molar-refractivity contribution in [2.75, 3.05) is 46.3 Å². The lowest BCUT2D eigenvalue weighted by molar-refractivity contribution is 0.00660. The Morgan fingerprint density at radius 3 is 2.15 bits per heavy atom. The molecule has 2 aromatic heterocycles. The first-order valence-corrected chi connectivity index (χ1v) is 13.7. The van der Waals surface area contributed by atoms with E-state index in [4.69, 9.17) is 5.26 Å². The minimum atomic E-state index is 0.121. The van der Waals surface area contributed by atoms with E-state index in [1.54, 1.807) is 0 Å². The molecule has 2 fully saturated rings. The Morgan fingerprint density at radius 1 is 0.846 bits per heavy atom. The average molecular weight is 519 g/mol. The Balaban J connectivity index is 1.15. The van der Waals surface area contributed by atoms with E-state index < -0.39 is 0 Å². The highest BCUT2D eigenvalue weighted by Crippen LogP contribution is 2.31. The Kier molecular flexibility index (Phi) is 6.68. The summed E-state index contributed by atoms with van der Waals surface area (Å²) >= 11 is 0. The van der Waals surface area contributed by atoms with Crippen LogP contribution >= 0.6 is 0 Å². The summed E-state index contributed by atoms with van der Waals surface area (Å²) in [6, 6.07) is 21.7. The number of nitrogens with zero attached hydrogens (tertiary/aromatic N) is 6. The summed E-state index contributed by atoms with van der Waals surface area (Å²) in [7, 11) is 2.19. The number of carbonyl (C=O) groups excluding carboxylic acids is 1. The zero-order valence-corrected chi connectivity index (χ0v) is 22.7. The van der Waals surface area contributed by atoms with Gasteiger partial charge in [-0.05, 0) is 74.3 Å². The van der Waals surface area contributed by atoms with E-state index in [-0.39, 0.29) is 11.4 Å². The second-order valence-electron chi connectivity index (χ2n) is 11.1. The molecular weight excluding hydrogens is 484 g/mol. The number of amides is 1. The van der Waals surface area contributed by atoms with Gasteiger partial charge in [-0.25, -0.2) is 4.98 Å². The third kappa shape index (κ3) is 4.94. The molecule has 2 aromatic carbocycles. The molecule has 0 unspecified atom stereocenters. The lowest BCUT2D eigenvalue weighted by Gasteiger charge is -2.49. The van der Waals surface area contributed by atoms with E-state index in [2.05, 4.69) is 51.5 Å². The number of aromatic nitrogens is 2. The summed E-state index contributed by atoms with van der Waals surface area (Å²) < 4.78 is 2.07. The monoisotopic (exact) mass is 518 g/mol. The first-order chi connectivity index (χ1) is 18.9. The number of likely N-dealkylation sites (N-methyl/N-ethyl adjacent to an activating group) is 1. The predicted molar refractivity (Wildman–Crippen MR) is 153 cm³/mol. The molecule has 2 saturated heterocycles. The summed E-state index contributed by atoms with van der Waals surface area (Å²) in [6.07, 6.45) is 5.98. The maximum Gasteiger partial charge on any atom is 0.253 e. The van der Waals surface area contributed by atoms with Crippen molar-refractivity contribution in [3.05, 3.63) is 84.2 Å². The Labute approximate surface area is 229 Å². The highest BCUT2D eigenvalue weighted by Gasteiger charge is 2.37. The van der Waals surface area contributed by atoms with Crippen molar-refractivity contribution in [1.82, 2.24) is 24.1 Å². The van der Waals surface area contributed by atoms with E-state index in [9.17, 15) is 4.79 Å². The van der Waals surface area contributed by atoms with Crippen LogP contribution in [0, 0.1) is 11.3 Å². The quantitative estimate of drug-likeness (QED) is 0.389. The highest BCUT2D eigenvalue weighted by atomic mass is 16.2. The number of piperidine rings is 1. The third-order valence-corrected chi connectivity index (χ3v) is 8.68. The highest BCUT2D eigenvalue weighted by molar-refractivity contribution is 5.94. The number of hydrogen-bond donors (Lipinski definition) is 0. The first kappa shape index (κ1) is 25.3. The summed E-state index contributed by atoms with van der Waals surface area (Å²) in [5.41, 5.74) is 6.50. The molecule has 0 saturated carbocycles. The molecule has 0 atom stereocenters. The number of nitriles is 1. The van der Waals surface area contributed by atoms with Gasteiger partial charge in [-0.15, -0.1) is 0 Å². The van der Waals surface area contributed by atoms with Crippen LogP contribution in [-0.2, 0) is 0 Å². The van der Waals surface area contributed by atoms with Crippen LogP contribution in [0.4, 0.5) is 0 Å². The molecule has 0 N–H and O–H groups in total. The van der Waals surface area contributed by atoms with Crippen LogP contribution in [0.3, 0.4) is 0 Å². The van der Waals surface area contributed by atoms with E-state index >= 15 is 0 Å². The van der Waals surface area contributed by atoms with Crippen molar-refractivity contribution >= 4 is 11.6 Å². The first-order valence-electron chi connectivity index (χ1n) is 13.7. The maximum atomic E-state index is 13.3. The molecule has 4 aromatic rings. The van der Waals surface area contributed by atoms with Crippen LogP contribution in [0.5, 0.6) is 0 Å². The number of rotatable bonds is 4. The van der Waals surface area contributed by atoms with Crippen LogP contribution in [-0.4, -0.2) is 81.8 Å². The normalized spacial score (nSPS) is 18.2. The Bertz CT molecular complexity index is 1520. The minimum Gasteiger partial charge on any atom is -0.339 e. The van der Waals surface area contributed by atoms with Crippen molar-refractivity contribution in [2.45, 2.75) is 25.3 Å². The van der Waals surface area contributed by atoms with Gasteiger partial charge in [-0.1, -0.05) is 24.3 Å². The molecule has 0 spiro atoms. The summed E-state index contributed by atoms with van der Waals surface area (Å²) in [6.45, 7) is 8.45. The number of pyridine rings is 1. The van der Waals surface area contributed by atoms with Gasteiger partial charge >= 0.3 is 0 Å². The lowest BCUT2D eigenvalue weighted by atomic mass is 9.86. The van der Waals surface area contributed by atoms with Gasteiger partial charge < -0.3 is 9.80 Å². The second-order valence-corrected chi connectivity index (χ2v) is 11.1. The van der Waals surface area contributed by atoms with Gasteiger partial charge in [0.25, 0.3) is 5.91 Å². The van der Waals surface area contributed by atoms with Crippen LogP contribution in [0.15, 0.2) is 73.1 Å². The van der Waals surface area contributed by atoms with Crippen molar-refractivity contribution in [1.29, 1.82) is 5.26 Å². The van der Waals surface area contributed by atoms with Crippen molar-refractivity contribution in [3.63, 3.8) is 0 Å². The summed E-state index contributed by atoms with van der Waals surface area (Å²) in [5, 5.41) is 9.10. The number of benzene rings is 2. The SMILES string of the molecule is CN1CCN(C2(C)CCN(C(=O)c3ccc(-c4ccc5ncc(-c6ccc(C#N)cc6)n5c4)cc3)CC2)CC1. The van der Waals surface area contributed by atoms with Gasteiger partial charge in [-0.2, -0.15) is 5.26 Å². The zero-order chi connectivity index (χ0) is 27.0. The van der Waals surface area contributed by atoms with E-state index in [1.165, 1.54) is 0 Å². The number of piperazine rings is 1. The molecule has 7 heteroatoms. The smallest absolute Gasteiger partial charge is 0.253 e. The molecule has 0 radical (unpaired) electrons. The van der Waals surface area contributed by atoms with Gasteiger partial charge in [0.15, 0.2) is 0 Å². The molecule has 7 nitrogen and oxygen atoms in total. The predicted octanol–water partition coefficient (Wildman–Crippen LogP) is 4.78. The Hall–Kier alpha value is -3.99. The molecule has 0 aliphatic carbocycles. The molecule has 1 amide bonds. The van der Waals surface area contributed by atoms with Gasteiger partial charge in [0, 0.05) is 62.1 Å². The van der Waals surface area contributed by atoms with Crippen molar-refractivity contribution in [2.24, 2.45) is 0 Å². The van der Waals surface area contributed by atoms with Crippen molar-refractivity contribution < 1.29 is 4.79 Å². The van der Waals surface area contributed by atoms with Crippen LogP contribution < -0.4 is 0 Å². The topological polar surface area (TPSA) is 67.9 Å². The molecule has 2 aliphatic rings. The molecule has 6 rings (SSSR count). The minimum absolute atomic E-state index is 0.121. The second kappa shape index (κ2) is 10.3. The standard InChI is InChI=1S/C32H34N6O/c1-32(37-19-17-35(2)18-20-37)13-15-36(16-14-32)31(39)27-9-7-25(8-10-27)28-11-12-30-34-22-29(38(30)23-28)26-5-3-24(21-33)4-6-26/h3-12,22-23H,13-20H2,1-2H3. The van der Waals surface area contributed by atoms with Gasteiger partial charge in [0.2, 0.25) is 0 Å². The van der Waals surface area contributed by atoms with E-state index in [0.717, 1.165) is 85.7 Å². The zero-order valence-electron chi connectivity index (χ0n) is 22.7. The molecule has 2 aliphatic heterocycles. The molecule has 198 valence electrons. The average Bonchev–Trinajstić information content (AvgIpc) is 3.41. The number of imidazole rings is 1. The lowest BCUT2D eigenvalue weighted by Crippen LogP contribution is -2.59. The van der Waals surface area contributed by atoms with Crippen molar-refractivity contribution in [3.8, 4) is 28.5 Å². The Morgan fingerprint density at radius 2 is 1.49 bits per heavy atom. The third-order valence-electron chi connectivity index (χ3n) is 8.68. The molecular formula is C32H34N6O. The van der Waals surface area contributed by atoms with Crippen LogP contribution in [0.25, 0.3) is 28.0 Å². The molecule has 39 heavy (non-hydrogen) atoms.